The van der Waals surface area contributed by atoms with Gasteiger partial charge in [0.25, 0.3) is 11.2 Å². The first-order valence-corrected chi connectivity index (χ1v) is 7.37. The molecule has 1 N–H and O–H groups in total. The normalized spacial score (nSPS) is 10.6. The van der Waals surface area contributed by atoms with Crippen molar-refractivity contribution in [3.05, 3.63) is 49.4 Å². The summed E-state index contributed by atoms with van der Waals surface area (Å²) >= 11 is 1.44. The molecule has 0 atom stereocenters. The van der Waals surface area contributed by atoms with Gasteiger partial charge in [0.1, 0.15) is 0 Å². The van der Waals surface area contributed by atoms with Gasteiger partial charge in [-0.3, -0.25) is 14.9 Å². The Bertz CT molecular complexity index is 708. The van der Waals surface area contributed by atoms with E-state index in [4.69, 9.17) is 0 Å². The highest BCUT2D eigenvalue weighted by Gasteiger charge is 2.14. The van der Waals surface area contributed by atoms with Gasteiger partial charge in [0.05, 0.1) is 17.7 Å². The fourth-order valence-electron chi connectivity index (χ4n) is 1.83. The summed E-state index contributed by atoms with van der Waals surface area (Å²) in [6.45, 7) is 4.74. The zero-order valence-corrected chi connectivity index (χ0v) is 12.6. The number of anilines is 1. The molecular formula is C13H16N4O3S. The standard InChI is InChI=1S/C13H16N4O3S/c1-3-4-14-13-15-6-10(21-13)7-16-8-11(17(19)20)9(2)5-12(16)18/h5-6,8H,3-4,7H2,1-2H3,(H,14,15). The van der Waals surface area contributed by atoms with E-state index < -0.39 is 4.92 Å². The second kappa shape index (κ2) is 6.49. The van der Waals surface area contributed by atoms with Gasteiger partial charge < -0.3 is 9.88 Å². The van der Waals surface area contributed by atoms with Crippen molar-refractivity contribution in [3.63, 3.8) is 0 Å². The van der Waals surface area contributed by atoms with E-state index in [1.54, 1.807) is 13.1 Å². The molecule has 0 aliphatic carbocycles. The zero-order valence-electron chi connectivity index (χ0n) is 11.8. The molecule has 8 heteroatoms. The lowest BCUT2D eigenvalue weighted by atomic mass is 10.2. The van der Waals surface area contributed by atoms with E-state index in [9.17, 15) is 14.9 Å². The Morgan fingerprint density at radius 2 is 2.29 bits per heavy atom. The lowest BCUT2D eigenvalue weighted by molar-refractivity contribution is -0.385. The number of thiazole rings is 1. The van der Waals surface area contributed by atoms with Gasteiger partial charge in [-0.15, -0.1) is 11.3 Å². The summed E-state index contributed by atoms with van der Waals surface area (Å²) in [5.41, 5.74) is 0.0638. The highest BCUT2D eigenvalue weighted by atomic mass is 32.1. The molecule has 0 aliphatic heterocycles. The molecule has 0 amide bonds. The third kappa shape index (κ3) is 3.66. The number of rotatable bonds is 6. The average Bonchev–Trinajstić information content (AvgIpc) is 2.86. The number of hydrogen-bond donors (Lipinski definition) is 1. The maximum absolute atomic E-state index is 11.9. The Hall–Kier alpha value is -2.22. The molecule has 7 nitrogen and oxygen atoms in total. The second-order valence-corrected chi connectivity index (χ2v) is 5.74. The fraction of sp³-hybridized carbons (Fsp3) is 0.385. The average molecular weight is 308 g/mol. The molecule has 2 heterocycles. The van der Waals surface area contributed by atoms with E-state index in [2.05, 4.69) is 17.2 Å². The predicted octanol–water partition coefficient (Wildman–Crippen LogP) is 2.39. The van der Waals surface area contributed by atoms with Crippen LogP contribution in [0.5, 0.6) is 0 Å². The van der Waals surface area contributed by atoms with Crippen molar-refractivity contribution in [3.8, 4) is 0 Å². The van der Waals surface area contributed by atoms with Crippen molar-refractivity contribution >= 4 is 22.2 Å². The third-order valence-corrected chi connectivity index (χ3v) is 3.85. The smallest absolute Gasteiger partial charge is 0.288 e. The van der Waals surface area contributed by atoms with Crippen molar-refractivity contribution in [2.75, 3.05) is 11.9 Å². The van der Waals surface area contributed by atoms with Gasteiger partial charge in [-0.1, -0.05) is 6.92 Å². The lowest BCUT2D eigenvalue weighted by Crippen LogP contribution is -2.20. The fourth-order valence-corrected chi connectivity index (χ4v) is 2.67. The van der Waals surface area contributed by atoms with Crippen LogP contribution in [0.4, 0.5) is 10.8 Å². The van der Waals surface area contributed by atoms with E-state index in [1.165, 1.54) is 28.2 Å². The molecule has 0 aliphatic rings. The first kappa shape index (κ1) is 15.2. The summed E-state index contributed by atoms with van der Waals surface area (Å²) in [4.78, 5) is 27.4. The van der Waals surface area contributed by atoms with Crippen LogP contribution < -0.4 is 10.9 Å². The SMILES string of the molecule is CCCNc1ncc(Cn2cc([N+](=O)[O-])c(C)cc2=O)s1. The topological polar surface area (TPSA) is 90.1 Å². The number of nitrogens with one attached hydrogen (secondary N) is 1. The van der Waals surface area contributed by atoms with Gasteiger partial charge >= 0.3 is 0 Å². The van der Waals surface area contributed by atoms with Crippen LogP contribution in [-0.2, 0) is 6.54 Å². The summed E-state index contributed by atoms with van der Waals surface area (Å²) in [7, 11) is 0. The Morgan fingerprint density at radius 1 is 1.52 bits per heavy atom. The number of aryl methyl sites for hydroxylation is 1. The number of aromatic nitrogens is 2. The molecule has 0 aromatic carbocycles. The molecule has 0 unspecified atom stereocenters. The molecule has 21 heavy (non-hydrogen) atoms. The molecular weight excluding hydrogens is 292 g/mol. The minimum absolute atomic E-state index is 0.0524. The lowest BCUT2D eigenvalue weighted by Gasteiger charge is -2.04. The molecule has 0 fully saturated rings. The zero-order chi connectivity index (χ0) is 15.4. The van der Waals surface area contributed by atoms with Crippen molar-refractivity contribution in [1.82, 2.24) is 9.55 Å². The summed E-state index contributed by atoms with van der Waals surface area (Å²) in [6, 6.07) is 1.29. The Balaban J connectivity index is 2.23. The maximum Gasteiger partial charge on any atom is 0.288 e. The Morgan fingerprint density at radius 3 is 2.95 bits per heavy atom. The van der Waals surface area contributed by atoms with Crippen LogP contribution in [-0.4, -0.2) is 21.0 Å². The summed E-state index contributed by atoms with van der Waals surface area (Å²) in [5.74, 6) is 0. The van der Waals surface area contributed by atoms with Crippen LogP contribution in [0, 0.1) is 17.0 Å². The minimum Gasteiger partial charge on any atom is -0.362 e. The van der Waals surface area contributed by atoms with Crippen LogP contribution in [0.2, 0.25) is 0 Å². The third-order valence-electron chi connectivity index (χ3n) is 2.91. The van der Waals surface area contributed by atoms with Crippen LogP contribution in [0.25, 0.3) is 0 Å². The summed E-state index contributed by atoms with van der Waals surface area (Å²) < 4.78 is 1.34. The van der Waals surface area contributed by atoms with E-state index in [-0.39, 0.29) is 17.8 Å². The molecule has 0 bridgehead atoms. The second-order valence-electron chi connectivity index (χ2n) is 4.62. The molecule has 112 valence electrons. The van der Waals surface area contributed by atoms with Crippen LogP contribution >= 0.6 is 11.3 Å². The highest BCUT2D eigenvalue weighted by Crippen LogP contribution is 2.20. The first-order chi connectivity index (χ1) is 10.0. The van der Waals surface area contributed by atoms with E-state index in [0.29, 0.717) is 5.56 Å². The van der Waals surface area contributed by atoms with Crippen molar-refractivity contribution < 1.29 is 4.92 Å². The molecule has 0 saturated carbocycles. The van der Waals surface area contributed by atoms with E-state index in [0.717, 1.165) is 23.0 Å². The predicted molar refractivity (Wildman–Crippen MR) is 82.1 cm³/mol. The van der Waals surface area contributed by atoms with Crippen molar-refractivity contribution in [2.24, 2.45) is 0 Å². The van der Waals surface area contributed by atoms with E-state index in [1.807, 2.05) is 0 Å². The molecule has 2 aromatic rings. The Labute approximate surface area is 125 Å². The Kier molecular flexibility index (Phi) is 4.69. The largest absolute Gasteiger partial charge is 0.362 e. The number of hydrogen-bond acceptors (Lipinski definition) is 6. The number of nitrogens with zero attached hydrogens (tertiary/aromatic N) is 3. The van der Waals surface area contributed by atoms with Crippen molar-refractivity contribution in [1.29, 1.82) is 0 Å². The molecule has 2 aromatic heterocycles. The van der Waals surface area contributed by atoms with Gasteiger partial charge in [-0.25, -0.2) is 4.98 Å². The van der Waals surface area contributed by atoms with Crippen LogP contribution in [0.15, 0.2) is 23.3 Å². The highest BCUT2D eigenvalue weighted by molar-refractivity contribution is 7.15. The van der Waals surface area contributed by atoms with Gasteiger partial charge in [0.2, 0.25) is 0 Å². The quantitative estimate of drug-likeness (QED) is 0.653. The minimum atomic E-state index is -0.480. The molecule has 0 saturated heterocycles. The number of nitro groups is 1. The maximum atomic E-state index is 11.9. The molecule has 2 rings (SSSR count). The summed E-state index contributed by atoms with van der Waals surface area (Å²) in [6.07, 6.45) is 3.97. The van der Waals surface area contributed by atoms with Gasteiger partial charge in [-0.05, 0) is 13.3 Å². The van der Waals surface area contributed by atoms with E-state index >= 15 is 0 Å². The number of pyridine rings is 1. The van der Waals surface area contributed by atoms with Gasteiger partial charge in [0.15, 0.2) is 5.13 Å². The van der Waals surface area contributed by atoms with Crippen LogP contribution in [0.1, 0.15) is 23.8 Å². The van der Waals surface area contributed by atoms with Crippen LogP contribution in [0.3, 0.4) is 0 Å². The monoisotopic (exact) mass is 308 g/mol. The van der Waals surface area contributed by atoms with Crippen molar-refractivity contribution in [2.45, 2.75) is 26.8 Å². The van der Waals surface area contributed by atoms with Gasteiger partial charge in [-0.2, -0.15) is 0 Å². The first-order valence-electron chi connectivity index (χ1n) is 6.55. The molecule has 0 spiro atoms. The summed E-state index contributed by atoms with van der Waals surface area (Å²) in [5, 5.41) is 14.9. The van der Waals surface area contributed by atoms with Gasteiger partial charge in [0, 0.05) is 29.2 Å². The molecule has 0 radical (unpaired) electrons.